The number of halogens is 2. The van der Waals surface area contributed by atoms with Gasteiger partial charge in [0.15, 0.2) is 0 Å². The van der Waals surface area contributed by atoms with Crippen molar-refractivity contribution < 1.29 is 5.21 Å². The minimum Gasteiger partial charge on any atom is -0.368 e. The van der Waals surface area contributed by atoms with E-state index >= 15 is 0 Å². The molecule has 0 fully saturated rings. The van der Waals surface area contributed by atoms with Crippen LogP contribution in [0, 0.1) is 12.3 Å². The summed E-state index contributed by atoms with van der Waals surface area (Å²) in [5.74, 6) is -0.447. The average molecular weight is 384 g/mol. The first kappa shape index (κ1) is 17.2. The Bertz CT molecular complexity index is 835. The van der Waals surface area contributed by atoms with Crippen molar-refractivity contribution in [2.45, 2.75) is 25.3 Å². The minimum atomic E-state index is -0.637. The molecule has 126 valence electrons. The number of fused-ring (bicyclic) bond motifs is 1. The summed E-state index contributed by atoms with van der Waals surface area (Å²) in [5.41, 5.74) is 11.2. The highest BCUT2D eigenvalue weighted by Gasteiger charge is 2.36. The number of nitrogens with two attached hydrogens (primary N) is 1. The molecule has 0 saturated heterocycles. The van der Waals surface area contributed by atoms with Gasteiger partial charge < -0.3 is 11.1 Å². The number of hydrogen-bond donors (Lipinski definition) is 4. The normalized spacial score (nSPS) is 20.8. The maximum absolute atomic E-state index is 8.97. The number of aromatic nitrogens is 1. The van der Waals surface area contributed by atoms with E-state index in [-0.39, 0.29) is 11.9 Å². The summed E-state index contributed by atoms with van der Waals surface area (Å²) in [5, 5.41) is 17.6. The Labute approximate surface area is 152 Å². The van der Waals surface area contributed by atoms with E-state index in [4.69, 9.17) is 39.6 Å². The summed E-state index contributed by atoms with van der Waals surface area (Å²) < 4.78 is 1.13. The Kier molecular flexibility index (Phi) is 4.78. The van der Waals surface area contributed by atoms with Crippen LogP contribution in [0.3, 0.4) is 0 Å². The molecule has 0 radical (unpaired) electrons. The fraction of sp³-hybridized carbons (Fsp3) is 0.267. The standard InChI is InChI=1S/C15H15Cl2N5OS/c1-6-2-3-20-9-4-7(8-5-10(16)24-14(8)17)12(18)13(11(6)9)21-15(19)22-23/h2-3,5,7,13,18,23H,4H2,1H3,(H3,19,21,22). The molecule has 0 bridgehead atoms. The summed E-state index contributed by atoms with van der Waals surface area (Å²) in [4.78, 5) is 8.69. The van der Waals surface area contributed by atoms with E-state index in [1.807, 2.05) is 18.5 Å². The van der Waals surface area contributed by atoms with E-state index < -0.39 is 6.04 Å². The molecule has 3 rings (SSSR count). The van der Waals surface area contributed by atoms with E-state index in [1.165, 1.54) is 11.3 Å². The van der Waals surface area contributed by atoms with Crippen molar-refractivity contribution in [2.24, 2.45) is 10.7 Å². The van der Waals surface area contributed by atoms with Crippen LogP contribution >= 0.6 is 34.5 Å². The first-order valence-electron chi connectivity index (χ1n) is 7.13. The summed E-state index contributed by atoms with van der Waals surface area (Å²) in [6.07, 6.45) is 2.28. The molecular formula is C15H15Cl2N5OS. The van der Waals surface area contributed by atoms with E-state index in [1.54, 1.807) is 12.3 Å². The SMILES string of the molecule is Cc1ccnc2c1C(N=C(N)NO)C(=N)C(c1cc(Cl)sc1Cl)C2. The molecule has 2 atom stereocenters. The molecule has 2 aromatic heterocycles. The first-order valence-corrected chi connectivity index (χ1v) is 8.70. The molecule has 2 heterocycles. The molecule has 24 heavy (non-hydrogen) atoms. The molecule has 0 spiro atoms. The third-order valence-electron chi connectivity index (χ3n) is 4.07. The summed E-state index contributed by atoms with van der Waals surface area (Å²) in [6, 6.07) is 3.01. The molecule has 1 aliphatic rings. The van der Waals surface area contributed by atoms with Crippen molar-refractivity contribution in [3.8, 4) is 0 Å². The van der Waals surface area contributed by atoms with Crippen LogP contribution in [0.15, 0.2) is 23.3 Å². The number of rotatable bonds is 2. The maximum Gasteiger partial charge on any atom is 0.213 e. The van der Waals surface area contributed by atoms with Gasteiger partial charge in [-0.1, -0.05) is 23.2 Å². The molecule has 2 unspecified atom stereocenters. The summed E-state index contributed by atoms with van der Waals surface area (Å²) in [7, 11) is 0. The highest BCUT2D eigenvalue weighted by atomic mass is 35.5. The zero-order valence-electron chi connectivity index (χ0n) is 12.7. The zero-order valence-corrected chi connectivity index (χ0v) is 15.0. The molecular weight excluding hydrogens is 369 g/mol. The Balaban J connectivity index is 2.14. The van der Waals surface area contributed by atoms with Crippen molar-refractivity contribution in [3.63, 3.8) is 0 Å². The van der Waals surface area contributed by atoms with Crippen molar-refractivity contribution in [2.75, 3.05) is 0 Å². The quantitative estimate of drug-likeness (QED) is 0.361. The third kappa shape index (κ3) is 3.00. The second-order valence-electron chi connectivity index (χ2n) is 5.51. The molecule has 0 saturated carbocycles. The van der Waals surface area contributed by atoms with Crippen molar-refractivity contribution >= 4 is 46.2 Å². The molecule has 2 aromatic rings. The number of pyridine rings is 1. The number of guanidine groups is 1. The lowest BCUT2D eigenvalue weighted by Gasteiger charge is -2.31. The van der Waals surface area contributed by atoms with Gasteiger partial charge in [0.1, 0.15) is 6.04 Å². The predicted octanol–water partition coefficient (Wildman–Crippen LogP) is 3.45. The highest BCUT2D eigenvalue weighted by molar-refractivity contribution is 7.20. The van der Waals surface area contributed by atoms with Gasteiger partial charge in [-0.05, 0) is 30.2 Å². The number of nitrogens with one attached hydrogen (secondary N) is 2. The van der Waals surface area contributed by atoms with Gasteiger partial charge in [0.2, 0.25) is 5.96 Å². The van der Waals surface area contributed by atoms with Gasteiger partial charge in [-0.25, -0.2) is 10.5 Å². The Morgan fingerprint density at radius 3 is 2.92 bits per heavy atom. The van der Waals surface area contributed by atoms with E-state index in [2.05, 4.69) is 9.98 Å². The summed E-state index contributed by atoms with van der Waals surface area (Å²) in [6.45, 7) is 1.94. The Morgan fingerprint density at radius 2 is 2.29 bits per heavy atom. The van der Waals surface area contributed by atoms with Crippen LogP contribution in [0.25, 0.3) is 0 Å². The molecule has 0 aromatic carbocycles. The van der Waals surface area contributed by atoms with Crippen LogP contribution in [-0.2, 0) is 6.42 Å². The zero-order chi connectivity index (χ0) is 17.4. The second-order valence-corrected chi connectivity index (χ2v) is 7.79. The number of aryl methyl sites for hydroxylation is 1. The number of hydrogen-bond acceptors (Lipinski definition) is 5. The van der Waals surface area contributed by atoms with Gasteiger partial charge >= 0.3 is 0 Å². The number of aliphatic imine (C=N–C) groups is 1. The Morgan fingerprint density at radius 1 is 1.54 bits per heavy atom. The lowest BCUT2D eigenvalue weighted by Crippen LogP contribution is -2.34. The molecule has 0 amide bonds. The second kappa shape index (κ2) is 6.68. The monoisotopic (exact) mass is 383 g/mol. The smallest absolute Gasteiger partial charge is 0.213 e. The summed E-state index contributed by atoms with van der Waals surface area (Å²) >= 11 is 13.6. The van der Waals surface area contributed by atoms with Crippen LogP contribution in [0.1, 0.15) is 34.3 Å². The number of nitrogens with zero attached hydrogens (tertiary/aromatic N) is 2. The van der Waals surface area contributed by atoms with Gasteiger partial charge in [0.05, 0.1) is 8.67 Å². The van der Waals surface area contributed by atoms with Gasteiger partial charge in [-0.2, -0.15) is 0 Å². The maximum atomic E-state index is 8.97. The number of thiophene rings is 1. The largest absolute Gasteiger partial charge is 0.368 e. The van der Waals surface area contributed by atoms with Crippen LogP contribution in [0.4, 0.5) is 0 Å². The van der Waals surface area contributed by atoms with E-state index in [0.29, 0.717) is 20.8 Å². The van der Waals surface area contributed by atoms with Gasteiger partial charge in [0, 0.05) is 35.5 Å². The lowest BCUT2D eigenvalue weighted by molar-refractivity contribution is 0.232. The average Bonchev–Trinajstić information content (AvgIpc) is 2.88. The molecule has 1 aliphatic carbocycles. The van der Waals surface area contributed by atoms with Gasteiger partial charge in [0.25, 0.3) is 0 Å². The number of hydroxylamine groups is 1. The van der Waals surface area contributed by atoms with Crippen molar-refractivity contribution in [1.82, 2.24) is 10.5 Å². The van der Waals surface area contributed by atoms with Crippen LogP contribution in [0.2, 0.25) is 8.67 Å². The fourth-order valence-electron chi connectivity index (χ4n) is 2.98. The van der Waals surface area contributed by atoms with Crippen LogP contribution in [0.5, 0.6) is 0 Å². The molecule has 6 nitrogen and oxygen atoms in total. The lowest BCUT2D eigenvalue weighted by atomic mass is 9.77. The highest BCUT2D eigenvalue weighted by Crippen LogP contribution is 2.44. The fourth-order valence-corrected chi connectivity index (χ4v) is 4.56. The van der Waals surface area contributed by atoms with Crippen molar-refractivity contribution in [1.29, 1.82) is 5.41 Å². The molecule has 0 aliphatic heterocycles. The topological polar surface area (TPSA) is 107 Å². The Hall–Kier alpha value is -1.67. The minimum absolute atomic E-state index is 0.158. The van der Waals surface area contributed by atoms with E-state index in [0.717, 1.165) is 22.4 Å². The molecule has 5 N–H and O–H groups in total. The molecule has 9 heteroatoms. The first-order chi connectivity index (χ1) is 11.4. The predicted molar refractivity (Wildman–Crippen MR) is 96.8 cm³/mol. The van der Waals surface area contributed by atoms with Crippen molar-refractivity contribution in [3.05, 3.63) is 49.4 Å². The third-order valence-corrected chi connectivity index (χ3v) is 5.59. The van der Waals surface area contributed by atoms with Gasteiger partial charge in [-0.15, -0.1) is 11.3 Å². The van der Waals surface area contributed by atoms with E-state index in [9.17, 15) is 0 Å². The van der Waals surface area contributed by atoms with Crippen LogP contribution < -0.4 is 11.2 Å². The van der Waals surface area contributed by atoms with Gasteiger partial charge in [-0.3, -0.25) is 10.2 Å². The van der Waals surface area contributed by atoms with Crippen LogP contribution in [-0.4, -0.2) is 21.9 Å².